The van der Waals surface area contributed by atoms with E-state index in [1.807, 2.05) is 0 Å². The van der Waals surface area contributed by atoms with Crippen molar-refractivity contribution < 1.29 is 4.39 Å². The monoisotopic (exact) mass is 250 g/mol. The molecule has 0 spiro atoms. The van der Waals surface area contributed by atoms with Gasteiger partial charge in [-0.25, -0.2) is 20.2 Å². The average molecular weight is 250 g/mol. The van der Waals surface area contributed by atoms with Crippen LogP contribution >= 0.6 is 11.8 Å². The lowest BCUT2D eigenvalue weighted by Gasteiger charge is -2.03. The van der Waals surface area contributed by atoms with E-state index in [9.17, 15) is 4.39 Å². The summed E-state index contributed by atoms with van der Waals surface area (Å²) in [6.45, 7) is 0. The van der Waals surface area contributed by atoms with Crippen LogP contribution in [0.2, 0.25) is 0 Å². The van der Waals surface area contributed by atoms with E-state index < -0.39 is 0 Å². The van der Waals surface area contributed by atoms with E-state index in [0.717, 1.165) is 0 Å². The minimum Gasteiger partial charge on any atom is -0.308 e. The molecule has 0 unspecified atom stereocenters. The van der Waals surface area contributed by atoms with Gasteiger partial charge in [0.15, 0.2) is 0 Å². The molecule has 1 aromatic heterocycles. The Morgan fingerprint density at radius 3 is 2.88 bits per heavy atom. The fourth-order valence-electron chi connectivity index (χ4n) is 1.25. The Bertz CT molecular complexity index is 506. The Balaban J connectivity index is 2.05. The maximum absolute atomic E-state index is 13.3. The summed E-state index contributed by atoms with van der Waals surface area (Å²) in [6.07, 6.45) is 1.61. The number of nitrogens with zero attached hydrogens (tertiary/aromatic N) is 2. The minimum atomic E-state index is -0.231. The second kappa shape index (κ2) is 5.60. The first kappa shape index (κ1) is 11.8. The highest BCUT2D eigenvalue weighted by molar-refractivity contribution is 7.98. The molecule has 0 aliphatic rings. The van der Waals surface area contributed by atoms with Gasteiger partial charge in [0, 0.05) is 17.2 Å². The number of aromatic nitrogens is 2. The molecular formula is C11H11FN4S. The zero-order valence-electron chi connectivity index (χ0n) is 8.93. The van der Waals surface area contributed by atoms with Crippen molar-refractivity contribution >= 4 is 17.6 Å². The van der Waals surface area contributed by atoms with Crippen molar-refractivity contribution in [2.75, 3.05) is 5.43 Å². The van der Waals surface area contributed by atoms with E-state index in [4.69, 9.17) is 5.84 Å². The van der Waals surface area contributed by atoms with E-state index in [-0.39, 0.29) is 5.82 Å². The van der Waals surface area contributed by atoms with E-state index in [1.165, 1.54) is 17.8 Å². The Labute approximate surface area is 102 Å². The number of halogens is 1. The van der Waals surface area contributed by atoms with Crippen molar-refractivity contribution in [3.63, 3.8) is 0 Å². The SMILES string of the molecule is NNc1ccnc(CSc2ccccc2F)n1. The second-order valence-electron chi connectivity index (χ2n) is 3.22. The smallest absolute Gasteiger partial charge is 0.143 e. The average Bonchev–Trinajstić information content (AvgIpc) is 2.38. The molecule has 1 aromatic carbocycles. The van der Waals surface area contributed by atoms with E-state index >= 15 is 0 Å². The van der Waals surface area contributed by atoms with Crippen LogP contribution in [0.25, 0.3) is 0 Å². The summed E-state index contributed by atoms with van der Waals surface area (Å²) in [5.74, 6) is 6.66. The van der Waals surface area contributed by atoms with Crippen molar-refractivity contribution in [1.82, 2.24) is 9.97 Å². The Morgan fingerprint density at radius 2 is 2.12 bits per heavy atom. The van der Waals surface area contributed by atoms with E-state index in [1.54, 1.807) is 30.5 Å². The first-order valence-electron chi connectivity index (χ1n) is 4.95. The summed E-state index contributed by atoms with van der Waals surface area (Å²) in [7, 11) is 0. The Hall–Kier alpha value is -1.66. The quantitative estimate of drug-likeness (QED) is 0.495. The fraction of sp³-hybridized carbons (Fsp3) is 0.0909. The van der Waals surface area contributed by atoms with Crippen LogP contribution in [0.3, 0.4) is 0 Å². The molecule has 0 saturated heterocycles. The molecule has 88 valence electrons. The normalized spacial score (nSPS) is 10.2. The molecule has 0 aliphatic heterocycles. The topological polar surface area (TPSA) is 63.8 Å². The van der Waals surface area contributed by atoms with Gasteiger partial charge in [-0.2, -0.15) is 0 Å². The van der Waals surface area contributed by atoms with Gasteiger partial charge in [-0.05, 0) is 12.1 Å². The maximum atomic E-state index is 13.3. The summed E-state index contributed by atoms with van der Waals surface area (Å²) < 4.78 is 13.3. The number of nitrogen functional groups attached to an aromatic ring is 1. The number of nitrogens with two attached hydrogens (primary N) is 1. The van der Waals surface area contributed by atoms with Crippen LogP contribution in [-0.2, 0) is 5.75 Å². The summed E-state index contributed by atoms with van der Waals surface area (Å²) in [5, 5.41) is 0. The van der Waals surface area contributed by atoms with Crippen LogP contribution in [-0.4, -0.2) is 9.97 Å². The van der Waals surface area contributed by atoms with Crippen molar-refractivity contribution in [3.05, 3.63) is 48.2 Å². The molecule has 0 fully saturated rings. The largest absolute Gasteiger partial charge is 0.308 e. The fourth-order valence-corrected chi connectivity index (χ4v) is 2.06. The van der Waals surface area contributed by atoms with Gasteiger partial charge >= 0.3 is 0 Å². The number of hydrazine groups is 1. The lowest BCUT2D eigenvalue weighted by molar-refractivity contribution is 0.602. The molecule has 0 bridgehead atoms. The third-order valence-electron chi connectivity index (χ3n) is 2.05. The lowest BCUT2D eigenvalue weighted by atomic mass is 10.3. The molecule has 2 rings (SSSR count). The van der Waals surface area contributed by atoms with Gasteiger partial charge in [0.05, 0.1) is 5.75 Å². The van der Waals surface area contributed by atoms with Crippen LogP contribution in [0.4, 0.5) is 10.2 Å². The Morgan fingerprint density at radius 1 is 1.29 bits per heavy atom. The van der Waals surface area contributed by atoms with Gasteiger partial charge in [-0.15, -0.1) is 11.8 Å². The van der Waals surface area contributed by atoms with Crippen molar-refractivity contribution in [2.24, 2.45) is 5.84 Å². The number of hydrogen-bond donors (Lipinski definition) is 2. The first-order chi connectivity index (χ1) is 8.29. The lowest BCUT2D eigenvalue weighted by Crippen LogP contribution is -2.09. The van der Waals surface area contributed by atoms with Gasteiger partial charge in [0.1, 0.15) is 17.5 Å². The van der Waals surface area contributed by atoms with E-state index in [0.29, 0.717) is 22.3 Å². The molecular weight excluding hydrogens is 239 g/mol. The van der Waals surface area contributed by atoms with Crippen molar-refractivity contribution in [1.29, 1.82) is 0 Å². The summed E-state index contributed by atoms with van der Waals surface area (Å²) in [5.41, 5.74) is 2.44. The summed E-state index contributed by atoms with van der Waals surface area (Å²) in [4.78, 5) is 8.81. The van der Waals surface area contributed by atoms with Crippen LogP contribution in [0.5, 0.6) is 0 Å². The third kappa shape index (κ3) is 3.15. The zero-order valence-corrected chi connectivity index (χ0v) is 9.75. The van der Waals surface area contributed by atoms with Crippen LogP contribution in [0.1, 0.15) is 5.82 Å². The Kier molecular flexibility index (Phi) is 3.89. The highest BCUT2D eigenvalue weighted by Gasteiger charge is 2.04. The number of anilines is 1. The number of hydrogen-bond acceptors (Lipinski definition) is 5. The standard InChI is InChI=1S/C11H11FN4S/c12-8-3-1-2-4-9(8)17-7-11-14-6-5-10(15-11)16-13/h1-6H,7,13H2,(H,14,15,16). The molecule has 0 aliphatic carbocycles. The highest BCUT2D eigenvalue weighted by atomic mass is 32.2. The molecule has 0 saturated carbocycles. The van der Waals surface area contributed by atoms with Gasteiger partial charge < -0.3 is 5.43 Å². The predicted octanol–water partition coefficient (Wildman–Crippen LogP) is 2.19. The third-order valence-corrected chi connectivity index (χ3v) is 3.09. The van der Waals surface area contributed by atoms with Gasteiger partial charge in [-0.3, -0.25) is 0 Å². The summed E-state index contributed by atoms with van der Waals surface area (Å²) >= 11 is 1.35. The van der Waals surface area contributed by atoms with Crippen molar-refractivity contribution in [3.8, 4) is 0 Å². The molecule has 17 heavy (non-hydrogen) atoms. The van der Waals surface area contributed by atoms with Crippen LogP contribution < -0.4 is 11.3 Å². The van der Waals surface area contributed by atoms with E-state index in [2.05, 4.69) is 15.4 Å². The van der Waals surface area contributed by atoms with Crippen LogP contribution in [0.15, 0.2) is 41.4 Å². The molecule has 0 amide bonds. The van der Waals surface area contributed by atoms with Crippen LogP contribution in [0, 0.1) is 5.82 Å². The zero-order chi connectivity index (χ0) is 12.1. The number of benzene rings is 1. The minimum absolute atomic E-state index is 0.231. The number of thioether (sulfide) groups is 1. The molecule has 3 N–H and O–H groups in total. The number of nitrogens with one attached hydrogen (secondary N) is 1. The number of rotatable bonds is 4. The maximum Gasteiger partial charge on any atom is 0.143 e. The van der Waals surface area contributed by atoms with Gasteiger partial charge in [0.2, 0.25) is 0 Å². The first-order valence-corrected chi connectivity index (χ1v) is 5.94. The van der Waals surface area contributed by atoms with Crippen molar-refractivity contribution in [2.45, 2.75) is 10.6 Å². The molecule has 1 heterocycles. The summed E-state index contributed by atoms with van der Waals surface area (Å²) in [6, 6.07) is 8.28. The van der Waals surface area contributed by atoms with Gasteiger partial charge in [-0.1, -0.05) is 12.1 Å². The molecule has 0 radical (unpaired) electrons. The molecule has 0 atom stereocenters. The molecule has 4 nitrogen and oxygen atoms in total. The molecule has 2 aromatic rings. The second-order valence-corrected chi connectivity index (χ2v) is 4.24. The highest BCUT2D eigenvalue weighted by Crippen LogP contribution is 2.23. The predicted molar refractivity (Wildman–Crippen MR) is 65.8 cm³/mol. The molecule has 6 heteroatoms. The van der Waals surface area contributed by atoms with Gasteiger partial charge in [0.25, 0.3) is 0 Å².